The summed E-state index contributed by atoms with van der Waals surface area (Å²) >= 11 is 2.01. The average Bonchev–Trinajstić information content (AvgIpc) is 2.51. The number of ether oxygens (including phenoxy) is 1. The van der Waals surface area contributed by atoms with Crippen LogP contribution in [0.4, 0.5) is 11.4 Å². The highest BCUT2D eigenvalue weighted by atomic mass is 32.2. The maximum Gasteiger partial charge on any atom is 0.311 e. The molecule has 0 aliphatic carbocycles. The van der Waals surface area contributed by atoms with E-state index < -0.39 is 4.92 Å². The predicted octanol–water partition coefficient (Wildman–Crippen LogP) is 3.94. The van der Waals surface area contributed by atoms with E-state index in [9.17, 15) is 10.1 Å². The second-order valence-electron chi connectivity index (χ2n) is 5.22. The van der Waals surface area contributed by atoms with Crippen LogP contribution in [0.3, 0.4) is 0 Å². The van der Waals surface area contributed by atoms with Gasteiger partial charge in [0.2, 0.25) is 0 Å². The van der Waals surface area contributed by atoms with E-state index >= 15 is 0 Å². The minimum Gasteiger partial charge on any atom is -0.487 e. The number of rotatable bonds is 7. The molecule has 2 rings (SSSR count). The molecule has 0 aromatic heterocycles. The molecule has 1 aromatic rings. The van der Waals surface area contributed by atoms with Crippen LogP contribution in [0.1, 0.15) is 26.2 Å². The molecule has 0 unspecified atom stereocenters. The molecule has 1 saturated heterocycles. The van der Waals surface area contributed by atoms with E-state index in [0.29, 0.717) is 18.3 Å². The lowest BCUT2D eigenvalue weighted by Crippen LogP contribution is -2.19. The summed E-state index contributed by atoms with van der Waals surface area (Å²) in [6.45, 7) is 3.39. The van der Waals surface area contributed by atoms with E-state index in [1.807, 2.05) is 18.7 Å². The van der Waals surface area contributed by atoms with E-state index in [0.717, 1.165) is 18.7 Å². The molecule has 0 amide bonds. The zero-order valence-corrected chi connectivity index (χ0v) is 13.2. The number of hydrogen-bond donors (Lipinski definition) is 1. The topological polar surface area (TPSA) is 64.4 Å². The van der Waals surface area contributed by atoms with Gasteiger partial charge in [0.15, 0.2) is 5.75 Å². The van der Waals surface area contributed by atoms with Gasteiger partial charge in [0.25, 0.3) is 0 Å². The molecule has 0 saturated carbocycles. The van der Waals surface area contributed by atoms with Crippen molar-refractivity contribution in [2.45, 2.75) is 26.2 Å². The van der Waals surface area contributed by atoms with Crippen LogP contribution >= 0.6 is 11.8 Å². The summed E-state index contributed by atoms with van der Waals surface area (Å²) in [4.78, 5) is 10.6. The molecule has 116 valence electrons. The molecule has 1 heterocycles. The van der Waals surface area contributed by atoms with Crippen molar-refractivity contribution in [2.75, 3.05) is 30.0 Å². The summed E-state index contributed by atoms with van der Waals surface area (Å²) in [5.41, 5.74) is 0.924. The van der Waals surface area contributed by atoms with Gasteiger partial charge in [0, 0.05) is 24.4 Å². The van der Waals surface area contributed by atoms with Gasteiger partial charge in [-0.3, -0.25) is 10.1 Å². The van der Waals surface area contributed by atoms with Crippen LogP contribution in [0.2, 0.25) is 0 Å². The number of nitrogens with one attached hydrogen (secondary N) is 1. The van der Waals surface area contributed by atoms with Crippen LogP contribution in [0.5, 0.6) is 5.75 Å². The van der Waals surface area contributed by atoms with Gasteiger partial charge in [-0.2, -0.15) is 11.8 Å². The smallest absolute Gasteiger partial charge is 0.311 e. The van der Waals surface area contributed by atoms with Crippen molar-refractivity contribution in [1.29, 1.82) is 0 Å². The molecule has 1 aliphatic rings. The van der Waals surface area contributed by atoms with Crippen molar-refractivity contribution in [3.63, 3.8) is 0 Å². The van der Waals surface area contributed by atoms with Crippen molar-refractivity contribution in [1.82, 2.24) is 0 Å². The summed E-state index contributed by atoms with van der Waals surface area (Å²) in [5, 5.41) is 14.4. The van der Waals surface area contributed by atoms with E-state index in [-0.39, 0.29) is 5.69 Å². The van der Waals surface area contributed by atoms with E-state index in [4.69, 9.17) is 4.74 Å². The minimum absolute atomic E-state index is 0.0306. The molecule has 5 nitrogen and oxygen atoms in total. The maximum atomic E-state index is 11.0. The monoisotopic (exact) mass is 310 g/mol. The van der Waals surface area contributed by atoms with Crippen LogP contribution in [0.15, 0.2) is 18.2 Å². The van der Waals surface area contributed by atoms with Crippen molar-refractivity contribution in [3.05, 3.63) is 28.3 Å². The largest absolute Gasteiger partial charge is 0.487 e. The highest BCUT2D eigenvalue weighted by molar-refractivity contribution is 7.99. The fourth-order valence-electron chi connectivity index (χ4n) is 2.32. The van der Waals surface area contributed by atoms with Gasteiger partial charge >= 0.3 is 5.69 Å². The number of anilines is 1. The Kier molecular flexibility index (Phi) is 6.17. The van der Waals surface area contributed by atoms with Crippen LogP contribution in [-0.4, -0.2) is 29.6 Å². The van der Waals surface area contributed by atoms with Crippen molar-refractivity contribution >= 4 is 23.1 Å². The lowest BCUT2D eigenvalue weighted by atomic mass is 10.0. The van der Waals surface area contributed by atoms with Crippen LogP contribution in [-0.2, 0) is 0 Å². The van der Waals surface area contributed by atoms with E-state index in [1.165, 1.54) is 30.4 Å². The molecule has 6 heteroatoms. The lowest BCUT2D eigenvalue weighted by Gasteiger charge is -2.22. The number of hydrogen-bond acceptors (Lipinski definition) is 5. The molecule has 0 radical (unpaired) electrons. The maximum absolute atomic E-state index is 11.0. The highest BCUT2D eigenvalue weighted by Crippen LogP contribution is 2.31. The summed E-state index contributed by atoms with van der Waals surface area (Å²) in [7, 11) is 0. The van der Waals surface area contributed by atoms with E-state index in [2.05, 4.69) is 5.32 Å². The minimum atomic E-state index is -0.396. The Morgan fingerprint density at radius 3 is 2.86 bits per heavy atom. The molecule has 1 fully saturated rings. The first-order valence-corrected chi connectivity index (χ1v) is 8.59. The first-order valence-electron chi connectivity index (χ1n) is 7.43. The Hall–Kier alpha value is -1.43. The molecule has 1 aromatic carbocycles. The third-order valence-corrected chi connectivity index (χ3v) is 4.60. The molecule has 1 N–H and O–H groups in total. The second kappa shape index (κ2) is 8.12. The van der Waals surface area contributed by atoms with Crippen LogP contribution in [0.25, 0.3) is 0 Å². The van der Waals surface area contributed by atoms with Crippen molar-refractivity contribution < 1.29 is 9.66 Å². The summed E-state index contributed by atoms with van der Waals surface area (Å²) in [6.07, 6.45) is 3.31. The van der Waals surface area contributed by atoms with E-state index in [1.54, 1.807) is 12.1 Å². The summed E-state index contributed by atoms with van der Waals surface area (Å²) in [6, 6.07) is 5.02. The Morgan fingerprint density at radius 1 is 1.43 bits per heavy atom. The number of nitro benzene ring substituents is 1. The Morgan fingerprint density at radius 2 is 2.19 bits per heavy atom. The first kappa shape index (κ1) is 15.9. The Bertz CT molecular complexity index is 476. The molecule has 21 heavy (non-hydrogen) atoms. The summed E-state index contributed by atoms with van der Waals surface area (Å²) in [5.74, 6) is 3.52. The quantitative estimate of drug-likeness (QED) is 0.610. The van der Waals surface area contributed by atoms with Gasteiger partial charge in [-0.1, -0.05) is 6.92 Å². The fraction of sp³-hybridized carbons (Fsp3) is 0.600. The fourth-order valence-corrected chi connectivity index (χ4v) is 3.52. The molecule has 1 aliphatic heterocycles. The standard InChI is InChI=1S/C15H22N2O3S/c1-2-7-20-15-10-13(3-4-14(15)17(18)19)16-11-12-5-8-21-9-6-12/h3-4,10,12,16H,2,5-9,11H2,1H3. The normalized spacial score (nSPS) is 15.7. The van der Waals surface area contributed by atoms with Gasteiger partial charge < -0.3 is 10.1 Å². The average molecular weight is 310 g/mol. The van der Waals surface area contributed by atoms with Gasteiger partial charge in [-0.25, -0.2) is 0 Å². The van der Waals surface area contributed by atoms with Crippen LogP contribution in [0, 0.1) is 16.0 Å². The Balaban J connectivity index is 2.00. The zero-order valence-electron chi connectivity index (χ0n) is 12.3. The Labute approximate surface area is 129 Å². The number of nitrogens with zero attached hydrogens (tertiary/aromatic N) is 1. The SMILES string of the molecule is CCCOc1cc(NCC2CCSCC2)ccc1[N+](=O)[O-]. The summed E-state index contributed by atoms with van der Waals surface area (Å²) < 4.78 is 5.50. The van der Waals surface area contributed by atoms with Crippen LogP contribution < -0.4 is 10.1 Å². The number of nitro groups is 1. The van der Waals surface area contributed by atoms with Gasteiger partial charge in [-0.15, -0.1) is 0 Å². The number of benzene rings is 1. The number of thioether (sulfide) groups is 1. The van der Waals surface area contributed by atoms with Gasteiger partial charge in [0.1, 0.15) is 0 Å². The molecule has 0 bridgehead atoms. The second-order valence-corrected chi connectivity index (χ2v) is 6.45. The molecular weight excluding hydrogens is 288 g/mol. The molecular formula is C15H22N2O3S. The van der Waals surface area contributed by atoms with Crippen molar-refractivity contribution in [2.24, 2.45) is 5.92 Å². The lowest BCUT2D eigenvalue weighted by molar-refractivity contribution is -0.385. The zero-order chi connectivity index (χ0) is 15.1. The highest BCUT2D eigenvalue weighted by Gasteiger charge is 2.17. The first-order chi connectivity index (χ1) is 10.2. The molecule has 0 atom stereocenters. The third kappa shape index (κ3) is 4.81. The predicted molar refractivity (Wildman–Crippen MR) is 87.4 cm³/mol. The third-order valence-electron chi connectivity index (χ3n) is 3.55. The van der Waals surface area contributed by atoms with Gasteiger partial charge in [0.05, 0.1) is 11.5 Å². The molecule has 0 spiro atoms. The van der Waals surface area contributed by atoms with Crippen molar-refractivity contribution in [3.8, 4) is 5.75 Å². The van der Waals surface area contributed by atoms with Gasteiger partial charge in [-0.05, 0) is 42.8 Å².